The minimum Gasteiger partial charge on any atom is -0.488 e. The van der Waals surface area contributed by atoms with E-state index >= 15 is 0 Å². The molecule has 0 spiro atoms. The number of fused-ring (bicyclic) bond motifs is 1. The van der Waals surface area contributed by atoms with Gasteiger partial charge in [-0.05, 0) is 48.7 Å². The smallest absolute Gasteiger partial charge is 0.255 e. The number of aliphatic hydroxyl groups excluding tert-OH is 1. The highest BCUT2D eigenvalue weighted by Crippen LogP contribution is 2.30. The molecule has 2 N–H and O–H groups in total. The van der Waals surface area contributed by atoms with Crippen molar-refractivity contribution in [3.8, 4) is 5.75 Å². The van der Waals surface area contributed by atoms with Crippen LogP contribution in [0.3, 0.4) is 0 Å². The Morgan fingerprint density at radius 3 is 2.69 bits per heavy atom. The van der Waals surface area contributed by atoms with Crippen molar-refractivity contribution >= 4 is 38.9 Å². The molecular weight excluding hydrogens is 540 g/mol. The first-order valence-corrected chi connectivity index (χ1v) is 14.8. The summed E-state index contributed by atoms with van der Waals surface area (Å²) in [4.78, 5) is 31.6. The van der Waals surface area contributed by atoms with Gasteiger partial charge in [-0.2, -0.15) is 4.31 Å². The highest BCUT2D eigenvalue weighted by Gasteiger charge is 2.33. The molecular formula is C27H32N4O6S2. The van der Waals surface area contributed by atoms with E-state index in [1.165, 1.54) is 23.7 Å². The van der Waals surface area contributed by atoms with Crippen molar-refractivity contribution in [1.82, 2.24) is 14.2 Å². The zero-order valence-electron chi connectivity index (χ0n) is 22.0. The molecule has 0 saturated heterocycles. The van der Waals surface area contributed by atoms with Crippen LogP contribution in [0.5, 0.6) is 5.75 Å². The van der Waals surface area contributed by atoms with Crippen LogP contribution in [0.25, 0.3) is 0 Å². The molecule has 39 heavy (non-hydrogen) atoms. The molecule has 208 valence electrons. The second-order valence-corrected chi connectivity index (χ2v) is 12.8. The summed E-state index contributed by atoms with van der Waals surface area (Å²) in [5, 5.41) is 14.4. The summed E-state index contributed by atoms with van der Waals surface area (Å²) in [6.07, 6.45) is 2.44. The van der Waals surface area contributed by atoms with Gasteiger partial charge in [-0.3, -0.25) is 14.6 Å². The van der Waals surface area contributed by atoms with E-state index in [0.29, 0.717) is 22.6 Å². The van der Waals surface area contributed by atoms with E-state index in [1.54, 1.807) is 59.7 Å². The van der Waals surface area contributed by atoms with Crippen molar-refractivity contribution < 1.29 is 27.9 Å². The van der Waals surface area contributed by atoms with E-state index in [1.807, 2.05) is 6.92 Å². The number of aliphatic hydroxyl groups is 1. The lowest BCUT2D eigenvalue weighted by Crippen LogP contribution is -2.48. The van der Waals surface area contributed by atoms with Gasteiger partial charge >= 0.3 is 0 Å². The number of hydrogen-bond acceptors (Lipinski definition) is 8. The number of amides is 2. The average molecular weight is 573 g/mol. The van der Waals surface area contributed by atoms with E-state index < -0.39 is 22.2 Å². The summed E-state index contributed by atoms with van der Waals surface area (Å²) in [5.74, 6) is -0.357. The second-order valence-electron chi connectivity index (χ2n) is 9.62. The lowest BCUT2D eigenvalue weighted by Gasteiger charge is -2.33. The predicted molar refractivity (Wildman–Crippen MR) is 148 cm³/mol. The van der Waals surface area contributed by atoms with Crippen molar-refractivity contribution in [3.05, 3.63) is 71.4 Å². The quantitative estimate of drug-likeness (QED) is 0.425. The number of pyridine rings is 1. The van der Waals surface area contributed by atoms with Crippen LogP contribution in [0, 0.1) is 5.92 Å². The summed E-state index contributed by atoms with van der Waals surface area (Å²) >= 11 is 1.14. The molecule has 1 aliphatic rings. The van der Waals surface area contributed by atoms with Crippen molar-refractivity contribution in [2.75, 3.05) is 32.1 Å². The van der Waals surface area contributed by atoms with Gasteiger partial charge < -0.3 is 20.1 Å². The maximum atomic E-state index is 13.4. The summed E-state index contributed by atoms with van der Waals surface area (Å²) < 4.78 is 34.1. The number of hydrogen-bond donors (Lipinski definition) is 2. The lowest BCUT2D eigenvalue weighted by atomic mass is 10.0. The molecule has 0 saturated carbocycles. The Kier molecular flexibility index (Phi) is 9.01. The lowest BCUT2D eigenvalue weighted by molar-refractivity contribution is -0.134. The summed E-state index contributed by atoms with van der Waals surface area (Å²) in [6, 6.07) is 11.1. The van der Waals surface area contributed by atoms with Crippen LogP contribution >= 0.6 is 11.3 Å². The Morgan fingerprint density at radius 2 is 2.03 bits per heavy atom. The number of sulfonamides is 1. The Morgan fingerprint density at radius 1 is 1.28 bits per heavy atom. The summed E-state index contributed by atoms with van der Waals surface area (Å²) in [5.41, 5.74) is 1.47. The van der Waals surface area contributed by atoms with E-state index in [0.717, 1.165) is 11.3 Å². The molecule has 2 amide bonds. The Bertz CT molecular complexity index is 1400. The van der Waals surface area contributed by atoms with E-state index in [-0.39, 0.29) is 48.1 Å². The largest absolute Gasteiger partial charge is 0.488 e. The monoisotopic (exact) mass is 572 g/mol. The standard InChI is InChI=1S/C27H32N4O6S2/c1-18-15-31(19(2)17-32)25(33)14-21-13-22(29-27(34)20-8-10-28-11-9-20)6-7-23(21)37-24(18)16-30(3)39(35,36)26-5-4-12-38-26/h4-13,18-19,24,32H,14-17H2,1-3H3,(H,29,34)/t18-,19-,24-/m0/s1. The van der Waals surface area contributed by atoms with Crippen LogP contribution in [0.2, 0.25) is 0 Å². The van der Waals surface area contributed by atoms with Gasteiger partial charge in [0.1, 0.15) is 16.1 Å². The van der Waals surface area contributed by atoms with Gasteiger partial charge in [0.15, 0.2) is 0 Å². The number of rotatable bonds is 8. The molecule has 3 heterocycles. The van der Waals surface area contributed by atoms with Gasteiger partial charge in [0.2, 0.25) is 5.91 Å². The van der Waals surface area contributed by atoms with Crippen LogP contribution in [-0.2, 0) is 21.2 Å². The number of nitrogens with one attached hydrogen (secondary N) is 1. The van der Waals surface area contributed by atoms with Crippen molar-refractivity contribution in [3.63, 3.8) is 0 Å². The normalized spacial score (nSPS) is 18.9. The molecule has 0 bridgehead atoms. The molecule has 1 aliphatic heterocycles. The number of anilines is 1. The van der Waals surface area contributed by atoms with Crippen LogP contribution in [0.4, 0.5) is 5.69 Å². The Hall–Kier alpha value is -3.32. The van der Waals surface area contributed by atoms with Crippen LogP contribution < -0.4 is 10.1 Å². The van der Waals surface area contributed by atoms with Crippen molar-refractivity contribution in [2.45, 2.75) is 36.6 Å². The summed E-state index contributed by atoms with van der Waals surface area (Å²) in [7, 11) is -2.21. The van der Waals surface area contributed by atoms with Gasteiger partial charge in [-0.1, -0.05) is 13.0 Å². The number of thiophene rings is 1. The molecule has 1 aromatic carbocycles. The van der Waals surface area contributed by atoms with Gasteiger partial charge in [0, 0.05) is 48.7 Å². The van der Waals surface area contributed by atoms with Crippen LogP contribution in [0.1, 0.15) is 29.8 Å². The number of carbonyl (C=O) groups is 2. The third-order valence-corrected chi connectivity index (χ3v) is 9.91. The maximum absolute atomic E-state index is 13.4. The zero-order chi connectivity index (χ0) is 28.2. The fourth-order valence-corrected chi connectivity index (χ4v) is 6.73. The van der Waals surface area contributed by atoms with Gasteiger partial charge in [0.25, 0.3) is 15.9 Å². The van der Waals surface area contributed by atoms with Gasteiger partial charge in [-0.15, -0.1) is 11.3 Å². The number of aromatic nitrogens is 1. The van der Waals surface area contributed by atoms with Crippen molar-refractivity contribution in [1.29, 1.82) is 0 Å². The first-order valence-electron chi connectivity index (χ1n) is 12.5. The fourth-order valence-electron chi connectivity index (χ4n) is 4.35. The third kappa shape index (κ3) is 6.64. The molecule has 0 unspecified atom stereocenters. The molecule has 10 nitrogen and oxygen atoms in total. The highest BCUT2D eigenvalue weighted by molar-refractivity contribution is 7.91. The molecule has 0 radical (unpaired) electrons. The van der Waals surface area contributed by atoms with Gasteiger partial charge in [-0.25, -0.2) is 8.42 Å². The number of nitrogens with zero attached hydrogens (tertiary/aromatic N) is 3. The first kappa shape index (κ1) is 28.7. The number of likely N-dealkylation sites (N-methyl/N-ethyl adjacent to an activating group) is 1. The average Bonchev–Trinajstić information content (AvgIpc) is 3.49. The van der Waals surface area contributed by atoms with E-state index in [2.05, 4.69) is 10.3 Å². The Labute approximate surface area is 232 Å². The molecule has 12 heteroatoms. The Balaban J connectivity index is 1.65. The molecule has 4 rings (SSSR count). The number of ether oxygens (including phenoxy) is 1. The van der Waals surface area contributed by atoms with Gasteiger partial charge in [0.05, 0.1) is 25.6 Å². The molecule has 0 aliphatic carbocycles. The molecule has 0 fully saturated rings. The van der Waals surface area contributed by atoms with Crippen molar-refractivity contribution in [2.24, 2.45) is 5.92 Å². The zero-order valence-corrected chi connectivity index (χ0v) is 23.6. The second kappa shape index (κ2) is 12.2. The van der Waals surface area contributed by atoms with E-state index in [9.17, 15) is 23.1 Å². The minimum atomic E-state index is -3.72. The third-order valence-electron chi connectivity index (χ3n) is 6.71. The molecule has 2 aromatic heterocycles. The summed E-state index contributed by atoms with van der Waals surface area (Å²) in [6.45, 7) is 3.77. The first-order chi connectivity index (χ1) is 18.6. The van der Waals surface area contributed by atoms with Crippen LogP contribution in [0.15, 0.2) is 64.4 Å². The fraction of sp³-hybridized carbons (Fsp3) is 0.370. The van der Waals surface area contributed by atoms with E-state index in [4.69, 9.17) is 4.74 Å². The SMILES string of the molecule is C[C@H]1CN([C@@H](C)CO)C(=O)Cc2cc(NC(=O)c3ccncc3)ccc2O[C@H]1CN(C)S(=O)(=O)c1cccs1. The van der Waals surface area contributed by atoms with Crippen LogP contribution in [-0.4, -0.2) is 78.4 Å². The maximum Gasteiger partial charge on any atom is 0.255 e. The molecule has 3 aromatic rings. The highest BCUT2D eigenvalue weighted by atomic mass is 32.2. The topological polar surface area (TPSA) is 129 Å². The predicted octanol–water partition coefficient (Wildman–Crippen LogP) is 2.87. The molecule has 3 atom stereocenters. The number of carbonyl (C=O) groups excluding carboxylic acids is 2. The number of benzene rings is 1. The minimum absolute atomic E-state index is 0.0125.